The number of amides is 10. The lowest BCUT2D eigenvalue weighted by Gasteiger charge is -2.41. The zero-order valence-corrected chi connectivity index (χ0v) is 70.5. The molecule has 8 rings (SSSR count). The van der Waals surface area contributed by atoms with Gasteiger partial charge >= 0.3 is 18.2 Å². The first-order chi connectivity index (χ1) is 55.6. The van der Waals surface area contributed by atoms with Gasteiger partial charge in [0.25, 0.3) is 0 Å². The normalized spacial score (nSPS) is 16.1. The number of likely N-dealkylation sites (tertiary alicyclic amines) is 1. The molecule has 1 aliphatic carbocycles. The Morgan fingerprint density at radius 1 is 0.598 bits per heavy atom. The number of hydrogen-bond acceptors (Lipinski definition) is 17. The van der Waals surface area contributed by atoms with Gasteiger partial charge in [0.05, 0.1) is 61.7 Å². The topological polar surface area (TPSA) is 358 Å². The third-order valence-corrected chi connectivity index (χ3v) is 22.6. The van der Waals surface area contributed by atoms with Gasteiger partial charge in [0, 0.05) is 102 Å². The van der Waals surface area contributed by atoms with Crippen molar-refractivity contribution in [3.05, 3.63) is 155 Å². The molecule has 0 saturated carbocycles. The van der Waals surface area contributed by atoms with E-state index in [1.807, 2.05) is 79.1 Å². The lowest BCUT2D eigenvalue weighted by molar-refractivity contribution is -0.148. The molecule has 2 heterocycles. The number of aliphatic carboxylic acids is 1. The van der Waals surface area contributed by atoms with Crippen molar-refractivity contribution < 1.29 is 81.9 Å². The Hall–Kier alpha value is -10.8. The number of hydrazine groups is 1. The van der Waals surface area contributed by atoms with Crippen LogP contribution in [0.1, 0.15) is 161 Å². The second kappa shape index (κ2) is 42.4. The average molecular weight is 1620 g/mol. The van der Waals surface area contributed by atoms with E-state index >= 15 is 0 Å². The fraction of sp³-hybridized carbons (Fsp3) is 0.511. The Kier molecular flexibility index (Phi) is 33.3. The Labute approximate surface area is 686 Å². The van der Waals surface area contributed by atoms with Gasteiger partial charge in [-0.15, -0.1) is 0 Å². The van der Waals surface area contributed by atoms with Gasteiger partial charge in [-0.25, -0.2) is 19.6 Å². The number of aliphatic hydroxyl groups is 1. The SMILES string of the molecule is CC[C@H](C)[C@@H]([C@@H](CC(=O)N1CCC[C@H]1[C@H](OC)[C@@H](C)C(=O)N[C@H](C)[C@@H](O)c1ccccc1)OC)N(C)C(=O)[C@@H](NC(=O)[C@H](C(C)C)N(C)C(=O)OCc1ccc(NC(=O)[C@H](C)NC(=O)[C@@H](NC(=O)CCC(=O)Nc2ccc3c(c2)cc(CN(C)N(C)C(=O)OCC2c4ccccc4-c4ccccc42)n3CCC(=O)O)C(C)C)cc1)C(C)C. The first-order valence-corrected chi connectivity index (χ1v) is 40.4. The minimum Gasteiger partial charge on any atom is -0.481 e. The number of nitrogens with zero attached hydrogens (tertiary/aromatic N) is 6. The van der Waals surface area contributed by atoms with Crippen LogP contribution in [-0.2, 0) is 81.8 Å². The number of likely N-dealkylation sites (N-methyl/N-ethyl adjacent to an activating group) is 2. The molecule has 1 aromatic heterocycles. The predicted octanol–water partition coefficient (Wildman–Crippen LogP) is 10.2. The quantitative estimate of drug-likeness (QED) is 0.0166. The molecule has 6 aromatic rings. The van der Waals surface area contributed by atoms with E-state index in [1.165, 1.54) is 38.1 Å². The minimum absolute atomic E-state index is 0.0947. The fourth-order valence-electron chi connectivity index (χ4n) is 15.6. The van der Waals surface area contributed by atoms with Crippen molar-refractivity contribution in [2.75, 3.05) is 66.2 Å². The van der Waals surface area contributed by atoms with Crippen LogP contribution >= 0.6 is 0 Å². The Morgan fingerprint density at radius 2 is 1.21 bits per heavy atom. The van der Waals surface area contributed by atoms with Crippen LogP contribution in [0.15, 0.2) is 127 Å². The van der Waals surface area contributed by atoms with Crippen LogP contribution in [0.5, 0.6) is 0 Å². The van der Waals surface area contributed by atoms with Crippen molar-refractivity contribution in [3.63, 3.8) is 0 Å². The highest BCUT2D eigenvalue weighted by molar-refractivity contribution is 5.99. The van der Waals surface area contributed by atoms with Crippen LogP contribution in [-0.4, -0.2) is 215 Å². The van der Waals surface area contributed by atoms with Crippen molar-refractivity contribution in [1.82, 2.24) is 50.6 Å². The number of aromatic nitrogens is 1. The number of carboxylic acids is 1. The Bertz CT molecular complexity index is 4390. The van der Waals surface area contributed by atoms with Crippen LogP contribution in [0.25, 0.3) is 22.0 Å². The van der Waals surface area contributed by atoms with E-state index in [2.05, 4.69) is 44.0 Å². The molecule has 12 atom stereocenters. The zero-order valence-electron chi connectivity index (χ0n) is 70.5. The number of anilines is 2. The van der Waals surface area contributed by atoms with Crippen LogP contribution in [0.4, 0.5) is 21.0 Å². The van der Waals surface area contributed by atoms with Crippen LogP contribution in [0.3, 0.4) is 0 Å². The molecule has 1 aliphatic heterocycles. The first-order valence-electron chi connectivity index (χ1n) is 40.4. The standard InChI is InChI=1S/C88H120N12O17/c1-18-54(8)79(71(114-16)47-74(103)100-43-26-33-70(100)81(115-17)55(9)82(107)89-56(10)80(106)59-27-20-19-21-28-59)96(13)86(111)77(52(4)5)94-85(110)78(53(6)7)97(14)87(112)116-49-58-34-36-61(37-35-58)92-83(108)57(11)90-84(109)76(51(2)3)93-73(102)41-40-72(101)91-62-38-39-69-60(45-62)46-63(99(69)44-42-75(104)105)48-95(12)98(15)88(113)117-50-68-66-31-24-22-29-64(66)65-30-23-25-32-67(65)68/h19-25,27-32,34-39,45-46,51-57,68,70-71,76-81,106H,18,26,33,40-44,47-50H2,1-17H3,(H,89,107)(H,90,109)(H,91,101)(H,92,108)(H,93,102)(H,94,110)(H,104,105)/t54-,55+,56+,57-,70-,71+,76-,77-,78-,79-,80+,81+/m0/s1. The number of rotatable bonds is 40. The van der Waals surface area contributed by atoms with E-state index < -0.39 is 138 Å². The molecule has 8 N–H and O–H groups in total. The Balaban J connectivity index is 0.782. The third kappa shape index (κ3) is 23.6. The van der Waals surface area contributed by atoms with Crippen molar-refractivity contribution in [2.45, 2.75) is 207 Å². The molecule has 0 spiro atoms. The number of hydrogen-bond donors (Lipinski definition) is 8. The number of carboxylic acid groups (broad SMARTS) is 1. The summed E-state index contributed by atoms with van der Waals surface area (Å²) < 4.78 is 25.5. The maximum atomic E-state index is 14.9. The highest BCUT2D eigenvalue weighted by Crippen LogP contribution is 2.45. The van der Waals surface area contributed by atoms with Gasteiger partial charge in [-0.2, -0.15) is 0 Å². The van der Waals surface area contributed by atoms with Gasteiger partial charge < -0.3 is 75.4 Å². The monoisotopic (exact) mass is 1620 g/mol. The highest BCUT2D eigenvalue weighted by Gasteiger charge is 2.45. The molecule has 29 nitrogen and oxygen atoms in total. The maximum Gasteiger partial charge on any atom is 0.424 e. The van der Waals surface area contributed by atoms with E-state index in [1.54, 1.807) is 146 Å². The molecule has 0 unspecified atom stereocenters. The highest BCUT2D eigenvalue weighted by atomic mass is 16.6. The molecule has 0 radical (unpaired) electrons. The first kappa shape index (κ1) is 91.8. The van der Waals surface area contributed by atoms with Gasteiger partial charge in [-0.3, -0.25) is 48.1 Å². The number of carbonyl (C=O) groups excluding carboxylic acids is 10. The summed E-state index contributed by atoms with van der Waals surface area (Å²) in [5.74, 6) is -7.16. The number of ether oxygens (including phenoxy) is 4. The van der Waals surface area contributed by atoms with E-state index in [0.29, 0.717) is 64.9 Å². The molecule has 29 heteroatoms. The number of aryl methyl sites for hydroxylation is 1. The second-order valence-corrected chi connectivity index (χ2v) is 31.9. The zero-order chi connectivity index (χ0) is 85.8. The van der Waals surface area contributed by atoms with E-state index in [0.717, 1.165) is 22.3 Å². The lowest BCUT2D eigenvalue weighted by atomic mass is 9.89. The van der Waals surface area contributed by atoms with E-state index in [-0.39, 0.29) is 75.6 Å². The number of aliphatic hydroxyl groups excluding tert-OH is 1. The second-order valence-electron chi connectivity index (χ2n) is 31.9. The molecule has 634 valence electrons. The van der Waals surface area contributed by atoms with Crippen molar-refractivity contribution in [3.8, 4) is 11.1 Å². The largest absolute Gasteiger partial charge is 0.481 e. The maximum absolute atomic E-state index is 14.9. The number of benzene rings is 5. The van der Waals surface area contributed by atoms with Gasteiger partial charge in [0.1, 0.15) is 37.4 Å². The molecule has 117 heavy (non-hydrogen) atoms. The minimum atomic E-state index is -1.09. The molecule has 10 amide bonds. The van der Waals surface area contributed by atoms with Crippen LogP contribution in [0, 0.1) is 29.6 Å². The average Bonchev–Trinajstić information content (AvgIpc) is 1.62. The van der Waals surface area contributed by atoms with Crippen LogP contribution in [0.2, 0.25) is 0 Å². The Morgan fingerprint density at radius 3 is 1.81 bits per heavy atom. The fourth-order valence-corrected chi connectivity index (χ4v) is 15.6. The summed E-state index contributed by atoms with van der Waals surface area (Å²) >= 11 is 0. The number of nitrogens with one attached hydrogen (secondary N) is 6. The molecule has 0 bridgehead atoms. The van der Waals surface area contributed by atoms with E-state index in [9.17, 15) is 63.0 Å². The lowest BCUT2D eigenvalue weighted by Crippen LogP contribution is -2.60. The predicted molar refractivity (Wildman–Crippen MR) is 444 cm³/mol. The van der Waals surface area contributed by atoms with Crippen LogP contribution < -0.4 is 31.9 Å². The van der Waals surface area contributed by atoms with Crippen molar-refractivity contribution in [1.29, 1.82) is 0 Å². The summed E-state index contributed by atoms with van der Waals surface area (Å²) in [5.41, 5.74) is 7.75. The molecular weight excluding hydrogens is 1500 g/mol. The number of methoxy groups -OCH3 is 2. The van der Waals surface area contributed by atoms with Crippen molar-refractivity contribution in [2.24, 2.45) is 29.6 Å². The molecule has 5 aromatic carbocycles. The summed E-state index contributed by atoms with van der Waals surface area (Å²) in [6.07, 6.45) is -2.69. The number of fused-ring (bicyclic) bond motifs is 4. The van der Waals surface area contributed by atoms with E-state index in [4.69, 9.17) is 18.9 Å². The third-order valence-electron chi connectivity index (χ3n) is 22.6. The molecule has 1 fully saturated rings. The summed E-state index contributed by atoms with van der Waals surface area (Å²) in [6, 6.07) is 32.6. The molecule has 2 aliphatic rings. The summed E-state index contributed by atoms with van der Waals surface area (Å²) in [6.45, 7) is 20.1. The van der Waals surface area contributed by atoms with Gasteiger partial charge in [-0.05, 0) is 120 Å². The smallest absolute Gasteiger partial charge is 0.424 e. The van der Waals surface area contributed by atoms with Gasteiger partial charge in [0.2, 0.25) is 47.3 Å². The molecular formula is C88H120N12O17. The summed E-state index contributed by atoms with van der Waals surface area (Å²) in [4.78, 5) is 155. The summed E-state index contributed by atoms with van der Waals surface area (Å²) in [5, 5.41) is 41.2. The van der Waals surface area contributed by atoms with Crippen molar-refractivity contribution >= 4 is 87.7 Å². The summed E-state index contributed by atoms with van der Waals surface area (Å²) in [7, 11) is 9.41. The van der Waals surface area contributed by atoms with Gasteiger partial charge in [0.15, 0.2) is 0 Å². The van der Waals surface area contributed by atoms with Gasteiger partial charge in [-0.1, -0.05) is 160 Å². The molecule has 1 saturated heterocycles. The number of carbonyl (C=O) groups is 11.